The van der Waals surface area contributed by atoms with Crippen LogP contribution in [0.2, 0.25) is 0 Å². The normalized spacial score (nSPS) is 20.9. The van der Waals surface area contributed by atoms with Crippen molar-refractivity contribution < 1.29 is 13.9 Å². The van der Waals surface area contributed by atoms with E-state index in [0.717, 1.165) is 17.7 Å². The lowest BCUT2D eigenvalue weighted by atomic mass is 9.80. The molecule has 0 saturated carbocycles. The summed E-state index contributed by atoms with van der Waals surface area (Å²) >= 11 is 0. The van der Waals surface area contributed by atoms with Crippen LogP contribution in [0.3, 0.4) is 0 Å². The fraction of sp³-hybridized carbons (Fsp3) is 0.533. The second kappa shape index (κ2) is 4.83. The van der Waals surface area contributed by atoms with Crippen LogP contribution in [0, 0.1) is 5.82 Å². The Morgan fingerprint density at radius 1 is 1.53 bits per heavy atom. The number of anilines is 1. The monoisotopic (exact) mass is 265 g/mol. The van der Waals surface area contributed by atoms with Gasteiger partial charge in [0.1, 0.15) is 12.4 Å². The number of esters is 1. The Morgan fingerprint density at radius 3 is 2.84 bits per heavy atom. The molecule has 1 atom stereocenters. The number of methoxy groups -OCH3 is 1. The first kappa shape index (κ1) is 13.8. The van der Waals surface area contributed by atoms with Gasteiger partial charge in [-0.2, -0.15) is 0 Å². The molecule has 104 valence electrons. The Hall–Kier alpha value is -1.58. The fourth-order valence-electron chi connectivity index (χ4n) is 2.96. The topological polar surface area (TPSA) is 29.5 Å². The molecule has 1 aromatic rings. The third kappa shape index (κ3) is 2.57. The van der Waals surface area contributed by atoms with Gasteiger partial charge < -0.3 is 9.64 Å². The van der Waals surface area contributed by atoms with E-state index in [-0.39, 0.29) is 23.9 Å². The lowest BCUT2D eigenvalue weighted by Crippen LogP contribution is -2.50. The molecule has 19 heavy (non-hydrogen) atoms. The maximum Gasteiger partial charge on any atom is 0.325 e. The minimum absolute atomic E-state index is 0.146. The van der Waals surface area contributed by atoms with Gasteiger partial charge in [0.2, 0.25) is 0 Å². The first-order chi connectivity index (χ1) is 8.85. The van der Waals surface area contributed by atoms with Crippen molar-refractivity contribution in [1.29, 1.82) is 0 Å². The molecule has 2 rings (SSSR count). The Labute approximate surface area is 113 Å². The van der Waals surface area contributed by atoms with Crippen molar-refractivity contribution in [1.82, 2.24) is 0 Å². The van der Waals surface area contributed by atoms with Gasteiger partial charge in [-0.1, -0.05) is 13.0 Å². The van der Waals surface area contributed by atoms with Crippen LogP contribution in [-0.4, -0.2) is 25.2 Å². The van der Waals surface area contributed by atoms with Gasteiger partial charge in [0.25, 0.3) is 0 Å². The Kier molecular flexibility index (Phi) is 3.52. The quantitative estimate of drug-likeness (QED) is 0.770. The summed E-state index contributed by atoms with van der Waals surface area (Å²) in [4.78, 5) is 13.5. The molecule has 1 aliphatic rings. The zero-order valence-corrected chi connectivity index (χ0v) is 11.9. The van der Waals surface area contributed by atoms with E-state index >= 15 is 0 Å². The van der Waals surface area contributed by atoms with Crippen LogP contribution >= 0.6 is 0 Å². The molecular weight excluding hydrogens is 245 g/mol. The van der Waals surface area contributed by atoms with Crippen LogP contribution in [0.25, 0.3) is 0 Å². The first-order valence-corrected chi connectivity index (χ1v) is 6.49. The average molecular weight is 265 g/mol. The summed E-state index contributed by atoms with van der Waals surface area (Å²) in [7, 11) is 1.37. The molecule has 3 nitrogen and oxygen atoms in total. The minimum atomic E-state index is -0.308. The minimum Gasteiger partial charge on any atom is -0.468 e. The average Bonchev–Trinajstić information content (AvgIpc) is 2.33. The zero-order chi connectivity index (χ0) is 14.2. The maximum absolute atomic E-state index is 13.5. The largest absolute Gasteiger partial charge is 0.468 e. The Bertz CT molecular complexity index is 499. The summed E-state index contributed by atoms with van der Waals surface area (Å²) in [6.45, 7) is 6.42. The zero-order valence-electron chi connectivity index (χ0n) is 11.9. The van der Waals surface area contributed by atoms with Crippen LogP contribution in [0.1, 0.15) is 38.7 Å². The van der Waals surface area contributed by atoms with E-state index in [4.69, 9.17) is 4.74 Å². The van der Waals surface area contributed by atoms with Crippen molar-refractivity contribution in [2.75, 3.05) is 18.6 Å². The lowest BCUT2D eigenvalue weighted by Gasteiger charge is -2.46. The highest BCUT2D eigenvalue weighted by atomic mass is 19.1. The summed E-state index contributed by atoms with van der Waals surface area (Å²) in [5.74, 6) is -0.240. The molecule has 0 spiro atoms. The molecular formula is C15H20FNO2. The molecule has 1 heterocycles. The lowest BCUT2D eigenvalue weighted by molar-refractivity contribution is -0.139. The van der Waals surface area contributed by atoms with E-state index in [1.807, 2.05) is 11.0 Å². The van der Waals surface area contributed by atoms with E-state index in [2.05, 4.69) is 20.8 Å². The van der Waals surface area contributed by atoms with Gasteiger partial charge in [-0.3, -0.25) is 4.79 Å². The smallest absolute Gasteiger partial charge is 0.325 e. The second-order valence-electron chi connectivity index (χ2n) is 5.78. The van der Waals surface area contributed by atoms with Crippen LogP contribution < -0.4 is 4.90 Å². The van der Waals surface area contributed by atoms with E-state index < -0.39 is 0 Å². The van der Waals surface area contributed by atoms with Crippen molar-refractivity contribution in [3.63, 3.8) is 0 Å². The highest BCUT2D eigenvalue weighted by molar-refractivity contribution is 5.77. The van der Waals surface area contributed by atoms with Gasteiger partial charge in [-0.05, 0) is 43.9 Å². The predicted molar refractivity (Wildman–Crippen MR) is 72.9 cm³/mol. The number of hydrogen-bond acceptors (Lipinski definition) is 3. The number of benzene rings is 1. The SMILES string of the molecule is COC(=O)CN1c2cc(F)ccc2[C@@H](C)CC1(C)C. The van der Waals surface area contributed by atoms with Gasteiger partial charge in [0.05, 0.1) is 7.11 Å². The predicted octanol–water partition coefficient (Wildman–Crippen LogP) is 3.09. The number of carbonyl (C=O) groups excluding carboxylic acids is 1. The fourth-order valence-corrected chi connectivity index (χ4v) is 2.96. The molecule has 0 radical (unpaired) electrons. The van der Waals surface area contributed by atoms with Gasteiger partial charge in [0, 0.05) is 11.2 Å². The van der Waals surface area contributed by atoms with E-state index in [1.165, 1.54) is 19.2 Å². The number of rotatable bonds is 2. The summed E-state index contributed by atoms with van der Waals surface area (Å²) in [5, 5.41) is 0. The molecule has 0 saturated heterocycles. The van der Waals surface area contributed by atoms with Crippen LogP contribution in [0.15, 0.2) is 18.2 Å². The third-order valence-electron chi connectivity index (χ3n) is 3.87. The van der Waals surface area contributed by atoms with Crippen molar-refractivity contribution in [2.45, 2.75) is 38.6 Å². The number of hydrogen-bond donors (Lipinski definition) is 0. The number of carbonyl (C=O) groups is 1. The van der Waals surface area contributed by atoms with E-state index in [1.54, 1.807) is 0 Å². The summed E-state index contributed by atoms with van der Waals surface area (Å²) in [6, 6.07) is 4.80. The Morgan fingerprint density at radius 2 is 2.21 bits per heavy atom. The molecule has 0 bridgehead atoms. The number of ether oxygens (including phenoxy) is 1. The van der Waals surface area contributed by atoms with Crippen molar-refractivity contribution >= 4 is 11.7 Å². The molecule has 0 N–H and O–H groups in total. The van der Waals surface area contributed by atoms with E-state index in [9.17, 15) is 9.18 Å². The molecule has 4 heteroatoms. The van der Waals surface area contributed by atoms with E-state index in [0.29, 0.717) is 5.92 Å². The summed E-state index contributed by atoms with van der Waals surface area (Å²) in [5.41, 5.74) is 1.69. The van der Waals surface area contributed by atoms with Crippen molar-refractivity contribution in [3.8, 4) is 0 Å². The van der Waals surface area contributed by atoms with Gasteiger partial charge in [-0.15, -0.1) is 0 Å². The Balaban J connectivity index is 2.47. The number of fused-ring (bicyclic) bond motifs is 1. The number of halogens is 1. The van der Waals surface area contributed by atoms with Gasteiger partial charge in [-0.25, -0.2) is 4.39 Å². The molecule has 0 fully saturated rings. The molecule has 0 unspecified atom stereocenters. The molecule has 1 aromatic carbocycles. The maximum atomic E-state index is 13.5. The van der Waals surface area contributed by atoms with Crippen LogP contribution in [-0.2, 0) is 9.53 Å². The third-order valence-corrected chi connectivity index (χ3v) is 3.87. The highest BCUT2D eigenvalue weighted by Gasteiger charge is 2.37. The first-order valence-electron chi connectivity index (χ1n) is 6.49. The molecule has 1 aliphatic heterocycles. The molecule has 0 amide bonds. The van der Waals surface area contributed by atoms with Crippen molar-refractivity contribution in [2.24, 2.45) is 0 Å². The molecule has 0 aliphatic carbocycles. The number of nitrogens with zero attached hydrogens (tertiary/aromatic N) is 1. The van der Waals surface area contributed by atoms with Crippen molar-refractivity contribution in [3.05, 3.63) is 29.6 Å². The van der Waals surface area contributed by atoms with Crippen LogP contribution in [0.4, 0.5) is 10.1 Å². The summed E-state index contributed by atoms with van der Waals surface area (Å²) < 4.78 is 18.3. The van der Waals surface area contributed by atoms with Crippen LogP contribution in [0.5, 0.6) is 0 Å². The molecule has 0 aromatic heterocycles. The van der Waals surface area contributed by atoms with Gasteiger partial charge >= 0.3 is 5.97 Å². The highest BCUT2D eigenvalue weighted by Crippen LogP contribution is 2.43. The van der Waals surface area contributed by atoms with Gasteiger partial charge in [0.15, 0.2) is 0 Å². The second-order valence-corrected chi connectivity index (χ2v) is 5.78. The standard InChI is InChI=1S/C15H20FNO2/c1-10-8-15(2,3)17(9-14(18)19-4)13-7-11(16)5-6-12(10)13/h5-7,10H,8-9H2,1-4H3/t10-/m0/s1. The summed E-state index contributed by atoms with van der Waals surface area (Å²) in [6.07, 6.45) is 0.919.